The molecular formula is C25H23ClF4N2O3. The smallest absolute Gasteiger partial charge is 0.431 e. The van der Waals surface area contributed by atoms with Crippen LogP contribution in [0.3, 0.4) is 0 Å². The number of benzene rings is 2. The predicted molar refractivity (Wildman–Crippen MR) is 123 cm³/mol. The van der Waals surface area contributed by atoms with E-state index in [0.29, 0.717) is 29.5 Å². The van der Waals surface area contributed by atoms with Crippen molar-refractivity contribution in [3.8, 4) is 16.9 Å². The highest BCUT2D eigenvalue weighted by Crippen LogP contribution is 2.41. The van der Waals surface area contributed by atoms with Gasteiger partial charge in [0.05, 0.1) is 19.8 Å². The average molecular weight is 511 g/mol. The maximum atomic E-state index is 14.3. The van der Waals surface area contributed by atoms with E-state index < -0.39 is 23.6 Å². The second-order valence-electron chi connectivity index (χ2n) is 8.06. The molecule has 5 nitrogen and oxygen atoms in total. The van der Waals surface area contributed by atoms with Crippen LogP contribution in [0.4, 0.5) is 17.6 Å². The van der Waals surface area contributed by atoms with E-state index in [1.807, 2.05) is 0 Å². The van der Waals surface area contributed by atoms with Crippen molar-refractivity contribution in [2.24, 2.45) is 0 Å². The molecule has 0 N–H and O–H groups in total. The summed E-state index contributed by atoms with van der Waals surface area (Å²) in [6.45, 7) is 2.12. The third kappa shape index (κ3) is 5.46. The molecule has 1 fully saturated rings. The van der Waals surface area contributed by atoms with E-state index in [9.17, 15) is 22.4 Å². The van der Waals surface area contributed by atoms with E-state index >= 15 is 0 Å². The van der Waals surface area contributed by atoms with Crippen molar-refractivity contribution < 1.29 is 31.8 Å². The van der Waals surface area contributed by atoms with Crippen LogP contribution in [0.15, 0.2) is 48.5 Å². The van der Waals surface area contributed by atoms with Crippen LogP contribution in [0.5, 0.6) is 5.75 Å². The summed E-state index contributed by atoms with van der Waals surface area (Å²) in [5, 5.41) is 0.427. The molecule has 35 heavy (non-hydrogen) atoms. The summed E-state index contributed by atoms with van der Waals surface area (Å²) in [5.74, 6) is -0.662. The molecule has 4 rings (SSSR count). The van der Waals surface area contributed by atoms with Crippen molar-refractivity contribution in [3.63, 3.8) is 0 Å². The van der Waals surface area contributed by atoms with Gasteiger partial charge in [0.2, 0.25) is 0 Å². The first kappa shape index (κ1) is 25.1. The largest absolute Gasteiger partial charge is 0.492 e. The number of hydrogen-bond donors (Lipinski definition) is 0. The summed E-state index contributed by atoms with van der Waals surface area (Å²) in [6.07, 6.45) is -4.72. The van der Waals surface area contributed by atoms with Crippen molar-refractivity contribution in [2.75, 3.05) is 32.9 Å². The van der Waals surface area contributed by atoms with Crippen LogP contribution in [0.1, 0.15) is 21.7 Å². The fourth-order valence-electron chi connectivity index (χ4n) is 4.23. The highest BCUT2D eigenvalue weighted by molar-refractivity contribution is 6.30. The Balaban J connectivity index is 1.80. The number of morpholine rings is 1. The number of amides is 1. The number of hydrogen-bond acceptors (Lipinski definition) is 3. The minimum Gasteiger partial charge on any atom is -0.492 e. The zero-order valence-electron chi connectivity index (χ0n) is 18.9. The van der Waals surface area contributed by atoms with Crippen molar-refractivity contribution in [3.05, 3.63) is 76.3 Å². The molecule has 0 bridgehead atoms. The molecule has 0 saturated carbocycles. The zero-order valence-corrected chi connectivity index (χ0v) is 19.6. The lowest BCUT2D eigenvalue weighted by atomic mass is 10.00. The highest BCUT2D eigenvalue weighted by Gasteiger charge is 2.41. The number of alkyl halides is 3. The maximum Gasteiger partial charge on any atom is 0.431 e. The summed E-state index contributed by atoms with van der Waals surface area (Å²) in [5.41, 5.74) is -0.388. The van der Waals surface area contributed by atoms with Gasteiger partial charge in [-0.25, -0.2) is 4.39 Å². The molecular weight excluding hydrogens is 488 g/mol. The Bertz CT molecular complexity index is 1190. The van der Waals surface area contributed by atoms with E-state index in [1.54, 1.807) is 24.3 Å². The number of aromatic nitrogens is 1. The third-order valence-electron chi connectivity index (χ3n) is 5.81. The van der Waals surface area contributed by atoms with E-state index in [4.69, 9.17) is 21.1 Å². The Hall–Kier alpha value is -3.04. The Labute approximate surface area is 204 Å². The number of carbonyl (C=O) groups is 1. The van der Waals surface area contributed by atoms with E-state index in [-0.39, 0.29) is 43.1 Å². The molecule has 1 aromatic heterocycles. The summed E-state index contributed by atoms with van der Waals surface area (Å²) in [4.78, 5) is 15.1. The molecule has 1 saturated heterocycles. The number of halogens is 5. The molecule has 2 aromatic carbocycles. The van der Waals surface area contributed by atoms with Crippen LogP contribution in [0, 0.1) is 12.7 Å². The van der Waals surface area contributed by atoms with Gasteiger partial charge in [-0.15, -0.1) is 0 Å². The van der Waals surface area contributed by atoms with Gasteiger partial charge in [0.25, 0.3) is 5.91 Å². The normalized spacial score (nSPS) is 14.3. The molecule has 0 atom stereocenters. The number of nitrogens with zero attached hydrogens (tertiary/aromatic N) is 2. The Morgan fingerprint density at radius 1 is 1.06 bits per heavy atom. The van der Waals surface area contributed by atoms with Crippen LogP contribution < -0.4 is 4.74 Å². The van der Waals surface area contributed by atoms with Gasteiger partial charge in [-0.1, -0.05) is 23.7 Å². The lowest BCUT2D eigenvalue weighted by Crippen LogP contribution is -2.42. The van der Waals surface area contributed by atoms with E-state index in [1.165, 1.54) is 36.1 Å². The molecule has 0 spiro atoms. The van der Waals surface area contributed by atoms with Crippen LogP contribution in [0.25, 0.3) is 11.1 Å². The van der Waals surface area contributed by atoms with Crippen molar-refractivity contribution in [1.29, 1.82) is 0 Å². The number of ether oxygens (including phenoxy) is 2. The average Bonchev–Trinajstić information content (AvgIpc) is 3.13. The first-order valence-corrected chi connectivity index (χ1v) is 11.4. The highest BCUT2D eigenvalue weighted by atomic mass is 35.5. The molecule has 186 valence electrons. The Kier molecular flexibility index (Phi) is 7.37. The second kappa shape index (κ2) is 10.3. The van der Waals surface area contributed by atoms with Gasteiger partial charge >= 0.3 is 6.18 Å². The molecule has 2 heterocycles. The molecule has 0 aliphatic carbocycles. The van der Waals surface area contributed by atoms with Crippen LogP contribution >= 0.6 is 11.6 Å². The van der Waals surface area contributed by atoms with Gasteiger partial charge in [0, 0.05) is 23.7 Å². The second-order valence-corrected chi connectivity index (χ2v) is 8.50. The predicted octanol–water partition coefficient (Wildman–Crippen LogP) is 5.83. The lowest BCUT2D eigenvalue weighted by molar-refractivity contribution is -0.144. The number of rotatable bonds is 6. The van der Waals surface area contributed by atoms with Gasteiger partial charge in [-0.2, -0.15) is 13.2 Å². The standard InChI is InChI=1S/C25H23ClF4N2O3/c1-16-21(17-2-4-18(26)5-3-17)22(24(33)31-10-13-34-14-11-31)32(23(16)25(28,29)30)12-15-35-20-8-6-19(27)7-9-20/h2-9H,10-15H2,1H3. The summed E-state index contributed by atoms with van der Waals surface area (Å²) < 4.78 is 68.0. The van der Waals surface area contributed by atoms with Gasteiger partial charge in [-0.3, -0.25) is 4.79 Å². The molecule has 10 heteroatoms. The van der Waals surface area contributed by atoms with Crippen molar-refractivity contribution in [1.82, 2.24) is 9.47 Å². The monoisotopic (exact) mass is 510 g/mol. The molecule has 0 radical (unpaired) electrons. The first-order valence-electron chi connectivity index (χ1n) is 11.0. The van der Waals surface area contributed by atoms with Crippen LogP contribution in [-0.4, -0.2) is 48.3 Å². The number of carbonyl (C=O) groups excluding carboxylic acids is 1. The molecule has 3 aromatic rings. The van der Waals surface area contributed by atoms with Crippen LogP contribution in [0.2, 0.25) is 5.02 Å². The third-order valence-corrected chi connectivity index (χ3v) is 6.06. The Morgan fingerprint density at radius 3 is 2.29 bits per heavy atom. The lowest BCUT2D eigenvalue weighted by Gasteiger charge is -2.28. The molecule has 0 unspecified atom stereocenters. The van der Waals surface area contributed by atoms with Gasteiger partial charge < -0.3 is 18.9 Å². The molecule has 1 amide bonds. The summed E-state index contributed by atoms with van der Waals surface area (Å²) in [6, 6.07) is 11.5. The van der Waals surface area contributed by atoms with E-state index in [2.05, 4.69) is 0 Å². The fraction of sp³-hybridized carbons (Fsp3) is 0.320. The van der Waals surface area contributed by atoms with Gasteiger partial charge in [-0.05, 0) is 54.4 Å². The fourth-order valence-corrected chi connectivity index (χ4v) is 4.35. The zero-order chi connectivity index (χ0) is 25.2. The summed E-state index contributed by atoms with van der Waals surface area (Å²) >= 11 is 5.99. The van der Waals surface area contributed by atoms with E-state index in [0.717, 1.165) is 4.57 Å². The minimum absolute atomic E-state index is 0.0572. The summed E-state index contributed by atoms with van der Waals surface area (Å²) in [7, 11) is 0. The Morgan fingerprint density at radius 2 is 1.69 bits per heavy atom. The van der Waals surface area contributed by atoms with Gasteiger partial charge in [0.1, 0.15) is 29.6 Å². The van der Waals surface area contributed by atoms with Gasteiger partial charge in [0.15, 0.2) is 0 Å². The topological polar surface area (TPSA) is 43.7 Å². The van der Waals surface area contributed by atoms with Crippen LogP contribution in [-0.2, 0) is 17.5 Å². The SMILES string of the molecule is Cc1c(-c2ccc(Cl)cc2)c(C(=O)N2CCOCC2)n(CCOc2ccc(F)cc2)c1C(F)(F)F. The minimum atomic E-state index is -4.72. The first-order chi connectivity index (χ1) is 16.7. The van der Waals surface area contributed by atoms with Crippen molar-refractivity contribution >= 4 is 17.5 Å². The molecule has 1 aliphatic heterocycles. The molecule has 1 aliphatic rings. The van der Waals surface area contributed by atoms with Crippen molar-refractivity contribution in [2.45, 2.75) is 19.6 Å². The maximum absolute atomic E-state index is 14.3. The quantitative estimate of drug-likeness (QED) is 0.392.